The van der Waals surface area contributed by atoms with Crippen molar-refractivity contribution in [1.82, 2.24) is 9.88 Å². The standard InChI is InChI=1S/C19H23N3O2S/c1-12(2)15-9-6-14(7-10-15)8-11-16(23)21-19-20-13(3)17(25-19)18(24)22(4)5/h6-12H,1-5H3,(H,20,21,23)/b11-8+. The molecule has 25 heavy (non-hydrogen) atoms. The molecule has 0 saturated heterocycles. The number of thiazole rings is 1. The average Bonchev–Trinajstić information content (AvgIpc) is 2.92. The number of rotatable bonds is 5. The second-order valence-electron chi connectivity index (χ2n) is 6.28. The smallest absolute Gasteiger partial charge is 0.265 e. The van der Waals surface area contributed by atoms with E-state index in [-0.39, 0.29) is 11.8 Å². The molecule has 2 amide bonds. The Balaban J connectivity index is 2.02. The molecule has 0 radical (unpaired) electrons. The fourth-order valence-electron chi connectivity index (χ4n) is 2.16. The maximum atomic E-state index is 12.1. The Morgan fingerprint density at radius 3 is 2.40 bits per heavy atom. The van der Waals surface area contributed by atoms with Crippen molar-refractivity contribution in [3.8, 4) is 0 Å². The van der Waals surface area contributed by atoms with Gasteiger partial charge < -0.3 is 4.90 Å². The second kappa shape index (κ2) is 8.07. The number of anilines is 1. The van der Waals surface area contributed by atoms with Gasteiger partial charge in [0.25, 0.3) is 5.91 Å². The molecular weight excluding hydrogens is 334 g/mol. The van der Waals surface area contributed by atoms with E-state index in [1.165, 1.54) is 27.9 Å². The van der Waals surface area contributed by atoms with E-state index in [4.69, 9.17) is 0 Å². The van der Waals surface area contributed by atoms with Crippen molar-refractivity contribution in [3.05, 3.63) is 52.0 Å². The summed E-state index contributed by atoms with van der Waals surface area (Å²) in [6, 6.07) is 8.10. The Hall–Kier alpha value is -2.47. The molecule has 2 aromatic rings. The molecule has 0 unspecified atom stereocenters. The van der Waals surface area contributed by atoms with Crippen molar-refractivity contribution in [3.63, 3.8) is 0 Å². The van der Waals surface area contributed by atoms with E-state index in [2.05, 4.69) is 36.3 Å². The van der Waals surface area contributed by atoms with Crippen LogP contribution in [0.15, 0.2) is 30.3 Å². The molecule has 2 rings (SSSR count). The summed E-state index contributed by atoms with van der Waals surface area (Å²) in [4.78, 5) is 30.4. The fourth-order valence-corrected chi connectivity index (χ4v) is 3.15. The third-order valence-corrected chi connectivity index (χ3v) is 4.72. The Morgan fingerprint density at radius 1 is 1.20 bits per heavy atom. The Labute approximate surface area is 152 Å². The molecule has 0 aliphatic carbocycles. The van der Waals surface area contributed by atoms with Crippen LogP contribution in [-0.2, 0) is 4.79 Å². The van der Waals surface area contributed by atoms with Gasteiger partial charge in [-0.2, -0.15) is 0 Å². The first-order valence-corrected chi connectivity index (χ1v) is 8.87. The van der Waals surface area contributed by atoms with Gasteiger partial charge in [0, 0.05) is 20.2 Å². The third kappa shape index (κ3) is 5.00. The monoisotopic (exact) mass is 357 g/mol. The molecule has 1 aromatic heterocycles. The quantitative estimate of drug-likeness (QED) is 0.825. The summed E-state index contributed by atoms with van der Waals surface area (Å²) in [6.07, 6.45) is 3.22. The number of hydrogen-bond donors (Lipinski definition) is 1. The van der Waals surface area contributed by atoms with Gasteiger partial charge in [0.05, 0.1) is 5.69 Å². The molecule has 0 saturated carbocycles. The predicted octanol–water partition coefficient (Wildman–Crippen LogP) is 3.93. The summed E-state index contributed by atoms with van der Waals surface area (Å²) in [7, 11) is 3.38. The van der Waals surface area contributed by atoms with Crippen LogP contribution in [0.4, 0.5) is 5.13 Å². The molecule has 5 nitrogen and oxygen atoms in total. The molecule has 1 N–H and O–H groups in total. The number of nitrogens with one attached hydrogen (secondary N) is 1. The average molecular weight is 357 g/mol. The molecule has 0 bridgehead atoms. The van der Waals surface area contributed by atoms with Gasteiger partial charge in [-0.05, 0) is 30.0 Å². The number of aromatic nitrogens is 1. The zero-order valence-electron chi connectivity index (χ0n) is 15.2. The molecule has 132 valence electrons. The highest BCUT2D eigenvalue weighted by Gasteiger charge is 2.17. The Bertz CT molecular complexity index is 790. The van der Waals surface area contributed by atoms with E-state index in [9.17, 15) is 9.59 Å². The lowest BCUT2D eigenvalue weighted by Gasteiger charge is -2.07. The topological polar surface area (TPSA) is 62.3 Å². The molecule has 0 atom stereocenters. The van der Waals surface area contributed by atoms with E-state index in [1.54, 1.807) is 27.1 Å². The number of carbonyl (C=O) groups excluding carboxylic acids is 2. The van der Waals surface area contributed by atoms with Crippen LogP contribution in [0.25, 0.3) is 6.08 Å². The van der Waals surface area contributed by atoms with Gasteiger partial charge in [0.1, 0.15) is 4.88 Å². The zero-order chi connectivity index (χ0) is 18.6. The highest BCUT2D eigenvalue weighted by molar-refractivity contribution is 7.17. The molecular formula is C19H23N3O2S. The molecule has 0 aliphatic heterocycles. The number of benzene rings is 1. The molecule has 1 heterocycles. The number of hydrogen-bond acceptors (Lipinski definition) is 4. The maximum Gasteiger partial charge on any atom is 0.265 e. The van der Waals surface area contributed by atoms with Gasteiger partial charge in [0.15, 0.2) is 5.13 Å². The maximum absolute atomic E-state index is 12.1. The normalized spacial score (nSPS) is 11.1. The van der Waals surface area contributed by atoms with Crippen LogP contribution in [0.3, 0.4) is 0 Å². The Kier molecular flexibility index (Phi) is 6.09. The van der Waals surface area contributed by atoms with Crippen LogP contribution in [0, 0.1) is 6.92 Å². The lowest BCUT2D eigenvalue weighted by atomic mass is 10.0. The van der Waals surface area contributed by atoms with Crippen molar-refractivity contribution in [1.29, 1.82) is 0 Å². The highest BCUT2D eigenvalue weighted by atomic mass is 32.1. The minimum Gasteiger partial charge on any atom is -0.344 e. The number of aryl methyl sites for hydroxylation is 1. The largest absolute Gasteiger partial charge is 0.344 e. The van der Waals surface area contributed by atoms with Gasteiger partial charge >= 0.3 is 0 Å². The van der Waals surface area contributed by atoms with Crippen molar-refractivity contribution < 1.29 is 9.59 Å². The first-order valence-electron chi connectivity index (χ1n) is 8.06. The molecule has 0 aliphatic rings. The van der Waals surface area contributed by atoms with Crippen molar-refractivity contribution >= 4 is 34.4 Å². The van der Waals surface area contributed by atoms with Crippen molar-refractivity contribution in [2.45, 2.75) is 26.7 Å². The Morgan fingerprint density at radius 2 is 1.84 bits per heavy atom. The van der Waals surface area contributed by atoms with Crippen molar-refractivity contribution in [2.75, 3.05) is 19.4 Å². The van der Waals surface area contributed by atoms with Crippen LogP contribution in [-0.4, -0.2) is 35.8 Å². The number of nitrogens with zero attached hydrogens (tertiary/aromatic N) is 2. The number of carbonyl (C=O) groups is 2. The first kappa shape index (κ1) is 18.9. The lowest BCUT2D eigenvalue weighted by Crippen LogP contribution is -2.21. The summed E-state index contributed by atoms with van der Waals surface area (Å²) < 4.78 is 0. The van der Waals surface area contributed by atoms with Crippen LogP contribution in [0.5, 0.6) is 0 Å². The third-order valence-electron chi connectivity index (χ3n) is 3.66. The van der Waals surface area contributed by atoms with Gasteiger partial charge in [-0.25, -0.2) is 4.98 Å². The minimum absolute atomic E-state index is 0.115. The van der Waals surface area contributed by atoms with E-state index >= 15 is 0 Å². The van der Waals surface area contributed by atoms with Gasteiger partial charge in [-0.1, -0.05) is 49.4 Å². The van der Waals surface area contributed by atoms with Crippen LogP contribution in [0.2, 0.25) is 0 Å². The van der Waals surface area contributed by atoms with Gasteiger partial charge in [0.2, 0.25) is 5.91 Å². The fraction of sp³-hybridized carbons (Fsp3) is 0.316. The van der Waals surface area contributed by atoms with Gasteiger partial charge in [-0.15, -0.1) is 0 Å². The second-order valence-corrected chi connectivity index (χ2v) is 7.28. The zero-order valence-corrected chi connectivity index (χ0v) is 16.0. The highest BCUT2D eigenvalue weighted by Crippen LogP contribution is 2.23. The van der Waals surface area contributed by atoms with Crippen LogP contribution in [0.1, 0.15) is 46.3 Å². The van der Waals surface area contributed by atoms with Crippen molar-refractivity contribution in [2.24, 2.45) is 0 Å². The predicted molar refractivity (Wildman–Crippen MR) is 103 cm³/mol. The van der Waals surface area contributed by atoms with E-state index < -0.39 is 0 Å². The summed E-state index contributed by atoms with van der Waals surface area (Å²) in [5, 5.41) is 3.13. The van der Waals surface area contributed by atoms with Crippen LogP contribution < -0.4 is 5.32 Å². The summed E-state index contributed by atoms with van der Waals surface area (Å²) in [6.45, 7) is 6.04. The van der Waals surface area contributed by atoms with E-state index in [1.807, 2.05) is 12.1 Å². The van der Waals surface area contributed by atoms with E-state index in [0.29, 0.717) is 21.6 Å². The summed E-state index contributed by atoms with van der Waals surface area (Å²) in [5.74, 6) is 0.0929. The van der Waals surface area contributed by atoms with E-state index in [0.717, 1.165) is 5.56 Å². The molecule has 1 aromatic carbocycles. The number of amides is 2. The lowest BCUT2D eigenvalue weighted by molar-refractivity contribution is -0.111. The summed E-state index contributed by atoms with van der Waals surface area (Å²) in [5.41, 5.74) is 2.84. The minimum atomic E-state index is -0.273. The summed E-state index contributed by atoms with van der Waals surface area (Å²) >= 11 is 1.18. The SMILES string of the molecule is Cc1nc(NC(=O)/C=C/c2ccc(C(C)C)cc2)sc1C(=O)N(C)C. The van der Waals surface area contributed by atoms with Gasteiger partial charge in [-0.3, -0.25) is 14.9 Å². The molecule has 0 fully saturated rings. The first-order chi connectivity index (χ1) is 11.8. The molecule has 0 spiro atoms. The molecule has 6 heteroatoms. The van der Waals surface area contributed by atoms with Crippen LogP contribution >= 0.6 is 11.3 Å².